The van der Waals surface area contributed by atoms with E-state index in [2.05, 4.69) is 0 Å². The predicted molar refractivity (Wildman–Crippen MR) is 67.1 cm³/mol. The zero-order valence-electron chi connectivity index (χ0n) is 10.4. The van der Waals surface area contributed by atoms with Crippen molar-refractivity contribution in [3.8, 4) is 5.75 Å². The molecule has 1 fully saturated rings. The first-order valence-corrected chi connectivity index (χ1v) is 5.73. The molecule has 2 rings (SSSR count). The molecule has 98 valence electrons. The third-order valence-corrected chi connectivity index (χ3v) is 3.18. The van der Waals surface area contributed by atoms with Crippen LogP contribution in [0.2, 0.25) is 0 Å². The van der Waals surface area contributed by atoms with E-state index < -0.39 is 10.5 Å². The quantitative estimate of drug-likeness (QED) is 0.652. The Hall–Kier alpha value is -1.82. The van der Waals surface area contributed by atoms with Gasteiger partial charge in [0, 0.05) is 30.9 Å². The van der Waals surface area contributed by atoms with Crippen LogP contribution in [0.4, 0.5) is 11.4 Å². The van der Waals surface area contributed by atoms with Gasteiger partial charge in [-0.05, 0) is 19.4 Å². The van der Waals surface area contributed by atoms with Crippen molar-refractivity contribution in [2.45, 2.75) is 18.9 Å². The molecule has 0 bridgehead atoms. The van der Waals surface area contributed by atoms with Gasteiger partial charge in [-0.1, -0.05) is 0 Å². The van der Waals surface area contributed by atoms with Crippen molar-refractivity contribution in [3.05, 3.63) is 28.3 Å². The van der Waals surface area contributed by atoms with Crippen molar-refractivity contribution < 1.29 is 14.8 Å². The summed E-state index contributed by atoms with van der Waals surface area (Å²) in [7, 11) is 1.41. The maximum Gasteiger partial charge on any atom is 0.311 e. The van der Waals surface area contributed by atoms with E-state index in [1.54, 1.807) is 19.1 Å². The molecule has 1 aliphatic heterocycles. The summed E-state index contributed by atoms with van der Waals surface area (Å²) in [5.41, 5.74) is 0.0806. The van der Waals surface area contributed by atoms with Gasteiger partial charge in [0.05, 0.1) is 17.6 Å². The summed E-state index contributed by atoms with van der Waals surface area (Å²) in [5.74, 6) is 0.240. The average Bonchev–Trinajstić information content (AvgIpc) is 2.68. The summed E-state index contributed by atoms with van der Waals surface area (Å²) in [6.45, 7) is 3.04. The molecule has 18 heavy (non-hydrogen) atoms. The van der Waals surface area contributed by atoms with Crippen molar-refractivity contribution in [2.75, 3.05) is 25.1 Å². The Morgan fingerprint density at radius 2 is 2.28 bits per heavy atom. The fraction of sp³-hybridized carbons (Fsp3) is 0.500. The highest BCUT2D eigenvalue weighted by Crippen LogP contribution is 2.34. The topological polar surface area (TPSA) is 75.8 Å². The second kappa shape index (κ2) is 4.45. The third-order valence-electron chi connectivity index (χ3n) is 3.18. The number of nitrogens with zero attached hydrogens (tertiary/aromatic N) is 2. The number of methoxy groups -OCH3 is 1. The first-order chi connectivity index (χ1) is 8.43. The van der Waals surface area contributed by atoms with Crippen LogP contribution in [0.1, 0.15) is 13.3 Å². The normalized spacial score (nSPS) is 23.2. The molecular formula is C12H16N2O4. The molecular weight excluding hydrogens is 236 g/mol. The van der Waals surface area contributed by atoms with Crippen LogP contribution in [0, 0.1) is 10.1 Å². The molecule has 6 heteroatoms. The number of nitro benzene ring substituents is 1. The molecule has 0 aromatic heterocycles. The maximum absolute atomic E-state index is 10.8. The minimum atomic E-state index is -0.699. The van der Waals surface area contributed by atoms with Crippen LogP contribution in [0.5, 0.6) is 5.75 Å². The van der Waals surface area contributed by atoms with E-state index in [0.717, 1.165) is 12.2 Å². The molecule has 0 radical (unpaired) electrons. The van der Waals surface area contributed by atoms with Crippen molar-refractivity contribution in [1.82, 2.24) is 0 Å². The highest BCUT2D eigenvalue weighted by atomic mass is 16.6. The minimum absolute atomic E-state index is 0.0489. The van der Waals surface area contributed by atoms with Gasteiger partial charge < -0.3 is 14.7 Å². The molecule has 1 unspecified atom stereocenters. The van der Waals surface area contributed by atoms with Gasteiger partial charge in [-0.2, -0.15) is 0 Å². The number of ether oxygens (including phenoxy) is 1. The molecule has 1 saturated heterocycles. The molecule has 0 spiro atoms. The van der Waals surface area contributed by atoms with Gasteiger partial charge in [-0.3, -0.25) is 10.1 Å². The van der Waals surface area contributed by atoms with E-state index in [-0.39, 0.29) is 11.4 Å². The van der Waals surface area contributed by atoms with Crippen LogP contribution in [0.3, 0.4) is 0 Å². The molecule has 1 aliphatic rings. The van der Waals surface area contributed by atoms with Crippen LogP contribution < -0.4 is 9.64 Å². The molecule has 1 aromatic carbocycles. The lowest BCUT2D eigenvalue weighted by Gasteiger charge is -2.21. The van der Waals surface area contributed by atoms with E-state index in [1.165, 1.54) is 13.2 Å². The van der Waals surface area contributed by atoms with Crippen molar-refractivity contribution in [1.29, 1.82) is 0 Å². The van der Waals surface area contributed by atoms with Crippen LogP contribution in [-0.2, 0) is 0 Å². The molecule has 1 heterocycles. The lowest BCUT2D eigenvalue weighted by Crippen LogP contribution is -2.29. The van der Waals surface area contributed by atoms with Crippen LogP contribution >= 0.6 is 0 Å². The van der Waals surface area contributed by atoms with E-state index in [9.17, 15) is 15.2 Å². The first kappa shape index (κ1) is 12.6. The van der Waals surface area contributed by atoms with Gasteiger partial charge in [0.25, 0.3) is 0 Å². The second-order valence-corrected chi connectivity index (χ2v) is 4.78. The van der Waals surface area contributed by atoms with E-state index in [0.29, 0.717) is 13.0 Å². The number of hydrogen-bond donors (Lipinski definition) is 1. The van der Waals surface area contributed by atoms with E-state index in [1.807, 2.05) is 4.90 Å². The van der Waals surface area contributed by atoms with Crippen molar-refractivity contribution in [3.63, 3.8) is 0 Å². The zero-order valence-corrected chi connectivity index (χ0v) is 10.4. The summed E-state index contributed by atoms with van der Waals surface area (Å²) in [6.07, 6.45) is 0.687. The Morgan fingerprint density at radius 1 is 1.56 bits per heavy atom. The Morgan fingerprint density at radius 3 is 2.78 bits per heavy atom. The lowest BCUT2D eigenvalue weighted by atomic mass is 10.1. The standard InChI is InChI=1S/C12H16N2O4/c1-12(15)5-6-13(8-12)9-3-4-10(14(16)17)11(7-9)18-2/h3-4,7,15H,5-6,8H2,1-2H3. The van der Waals surface area contributed by atoms with Crippen molar-refractivity contribution in [2.24, 2.45) is 0 Å². The fourth-order valence-corrected chi connectivity index (χ4v) is 2.18. The number of hydrogen-bond acceptors (Lipinski definition) is 5. The smallest absolute Gasteiger partial charge is 0.311 e. The van der Waals surface area contributed by atoms with E-state index >= 15 is 0 Å². The lowest BCUT2D eigenvalue weighted by molar-refractivity contribution is -0.385. The van der Waals surface area contributed by atoms with Gasteiger partial charge in [-0.25, -0.2) is 0 Å². The molecule has 6 nitrogen and oxygen atoms in total. The molecule has 1 N–H and O–H groups in total. The zero-order chi connectivity index (χ0) is 13.3. The predicted octanol–water partition coefficient (Wildman–Crippen LogP) is 1.56. The average molecular weight is 252 g/mol. The monoisotopic (exact) mass is 252 g/mol. The number of aliphatic hydroxyl groups is 1. The summed E-state index contributed by atoms with van der Waals surface area (Å²) in [4.78, 5) is 12.3. The van der Waals surface area contributed by atoms with Crippen LogP contribution in [0.15, 0.2) is 18.2 Å². The molecule has 1 aromatic rings. The Kier molecular flexibility index (Phi) is 3.13. The largest absolute Gasteiger partial charge is 0.490 e. The maximum atomic E-state index is 10.8. The van der Waals surface area contributed by atoms with Crippen molar-refractivity contribution >= 4 is 11.4 Å². The summed E-state index contributed by atoms with van der Waals surface area (Å²) in [6, 6.07) is 4.75. The van der Waals surface area contributed by atoms with Crippen LogP contribution in [-0.4, -0.2) is 35.8 Å². The SMILES string of the molecule is COc1cc(N2CCC(C)(O)C2)ccc1[N+](=O)[O-]. The Balaban J connectivity index is 2.28. The third kappa shape index (κ3) is 2.38. The number of nitro groups is 1. The number of β-amino-alcohol motifs (C(OH)–C–C–N with tert-alkyl or cyclic N) is 1. The second-order valence-electron chi connectivity index (χ2n) is 4.78. The summed E-state index contributed by atoms with van der Waals surface area (Å²) < 4.78 is 5.03. The molecule has 1 atom stereocenters. The fourth-order valence-electron chi connectivity index (χ4n) is 2.18. The highest BCUT2D eigenvalue weighted by molar-refractivity contribution is 5.59. The molecule has 0 amide bonds. The minimum Gasteiger partial charge on any atom is -0.490 e. The molecule has 0 aliphatic carbocycles. The van der Waals surface area contributed by atoms with Crippen LogP contribution in [0.25, 0.3) is 0 Å². The Bertz CT molecular complexity index is 473. The van der Waals surface area contributed by atoms with Gasteiger partial charge in [0.2, 0.25) is 0 Å². The van der Waals surface area contributed by atoms with Gasteiger partial charge in [0.15, 0.2) is 5.75 Å². The number of rotatable bonds is 3. The van der Waals surface area contributed by atoms with Gasteiger partial charge in [-0.15, -0.1) is 0 Å². The van der Waals surface area contributed by atoms with Gasteiger partial charge in [0.1, 0.15) is 0 Å². The summed E-state index contributed by atoms with van der Waals surface area (Å²) in [5, 5.41) is 20.7. The number of anilines is 1. The first-order valence-electron chi connectivity index (χ1n) is 5.73. The summed E-state index contributed by atoms with van der Waals surface area (Å²) >= 11 is 0. The van der Waals surface area contributed by atoms with Gasteiger partial charge >= 0.3 is 5.69 Å². The molecule has 0 saturated carbocycles. The highest BCUT2D eigenvalue weighted by Gasteiger charge is 2.32. The number of benzene rings is 1. The van der Waals surface area contributed by atoms with E-state index in [4.69, 9.17) is 4.74 Å². The Labute approximate surface area is 105 Å².